The summed E-state index contributed by atoms with van der Waals surface area (Å²) in [5, 5.41) is 0.484. The molecule has 1 heteroatoms. The van der Waals surface area contributed by atoms with Crippen LogP contribution in [-0.2, 0) is 0 Å². The van der Waals surface area contributed by atoms with Crippen molar-refractivity contribution >= 4 is 10.2 Å². The largest absolute Gasteiger partial charge is 0.103 e. The van der Waals surface area contributed by atoms with E-state index in [1.165, 1.54) is 16.7 Å². The highest BCUT2D eigenvalue weighted by atomic mass is 28.1. The van der Waals surface area contributed by atoms with Crippen molar-refractivity contribution in [3.63, 3.8) is 0 Å². The van der Waals surface area contributed by atoms with Crippen molar-refractivity contribution in [3.05, 3.63) is 38.0 Å². The molecule has 12 heavy (non-hydrogen) atoms. The highest BCUT2D eigenvalue weighted by Crippen LogP contribution is 2.37. The summed E-state index contributed by atoms with van der Waals surface area (Å²) in [6.07, 6.45) is 10.7. The fourth-order valence-electron chi connectivity index (χ4n) is 1.43. The zero-order chi connectivity index (χ0) is 9.45. The molecule has 0 rings (SSSR count). The van der Waals surface area contributed by atoms with E-state index >= 15 is 0 Å². The molecule has 0 aromatic carbocycles. The van der Waals surface area contributed by atoms with Crippen LogP contribution in [-0.4, -0.2) is 10.2 Å². The van der Waals surface area contributed by atoms with Gasteiger partial charge in [-0.05, 0) is 30.7 Å². The van der Waals surface area contributed by atoms with Crippen molar-refractivity contribution in [1.82, 2.24) is 0 Å². The third-order valence-corrected chi connectivity index (χ3v) is 3.54. The molecule has 0 atom stereocenters. The van der Waals surface area contributed by atoms with E-state index in [-0.39, 0.29) is 0 Å². The summed E-state index contributed by atoms with van der Waals surface area (Å²) in [6.45, 7) is 11.3. The van der Waals surface area contributed by atoms with Crippen molar-refractivity contribution in [2.45, 2.75) is 30.7 Å². The highest BCUT2D eigenvalue weighted by molar-refractivity contribution is 6.15. The van der Waals surface area contributed by atoms with E-state index in [9.17, 15) is 0 Å². The van der Waals surface area contributed by atoms with E-state index < -0.39 is 0 Å². The topological polar surface area (TPSA) is 0 Å². The van der Waals surface area contributed by atoms with E-state index in [0.29, 0.717) is 5.04 Å². The van der Waals surface area contributed by atoms with Crippen LogP contribution < -0.4 is 0 Å². The Morgan fingerprint density at radius 3 is 1.83 bits per heavy atom. The monoisotopic (exact) mass is 180 g/mol. The zero-order valence-electron chi connectivity index (χ0n) is 8.18. The summed E-state index contributed by atoms with van der Waals surface area (Å²) in [5.41, 5.74) is 0. The third-order valence-electron chi connectivity index (χ3n) is 2.23. The van der Waals surface area contributed by atoms with Crippen LogP contribution in [0.25, 0.3) is 0 Å². The van der Waals surface area contributed by atoms with Crippen LogP contribution in [0.5, 0.6) is 0 Å². The maximum Gasteiger partial charge on any atom is 0.0114 e. The van der Waals surface area contributed by atoms with Gasteiger partial charge in [0.2, 0.25) is 0 Å². The summed E-state index contributed by atoms with van der Waals surface area (Å²) < 4.78 is 0. The molecule has 0 aromatic rings. The van der Waals surface area contributed by atoms with Gasteiger partial charge in [-0.3, -0.25) is 0 Å². The number of hydrogen-bond donors (Lipinski definition) is 0. The first-order valence-electron chi connectivity index (χ1n) is 4.51. The van der Waals surface area contributed by atoms with E-state index in [0.717, 1.165) is 19.3 Å². The summed E-state index contributed by atoms with van der Waals surface area (Å²) in [4.78, 5) is 0. The Hall–Kier alpha value is -0.563. The van der Waals surface area contributed by atoms with Crippen molar-refractivity contribution in [2.75, 3.05) is 0 Å². The van der Waals surface area contributed by atoms with Crippen LogP contribution in [0.2, 0.25) is 5.04 Å². The van der Waals surface area contributed by atoms with Gasteiger partial charge in [-0.1, -0.05) is 18.2 Å². The van der Waals surface area contributed by atoms with Gasteiger partial charge in [0.15, 0.2) is 0 Å². The third kappa shape index (κ3) is 4.34. The summed E-state index contributed by atoms with van der Waals surface area (Å²) in [7, 11) is 1.21. The second kappa shape index (κ2) is 6.01. The Bertz CT molecular complexity index is 148. The molecule has 0 bridgehead atoms. The lowest BCUT2D eigenvalue weighted by molar-refractivity contribution is 0.530. The van der Waals surface area contributed by atoms with Crippen molar-refractivity contribution < 1.29 is 0 Å². The first kappa shape index (κ1) is 11.4. The summed E-state index contributed by atoms with van der Waals surface area (Å²) in [6, 6.07) is 0. The second-order valence-corrected chi connectivity index (χ2v) is 5.74. The minimum Gasteiger partial charge on any atom is -0.103 e. The van der Waals surface area contributed by atoms with Gasteiger partial charge in [0.05, 0.1) is 0 Å². The number of allylic oxidation sites excluding steroid dienone is 3. The molecule has 0 saturated carbocycles. The molecule has 0 aliphatic carbocycles. The Labute approximate surface area is 79.5 Å². The average Bonchev–Trinajstić information content (AvgIpc) is 2.02. The molecule has 68 valence electrons. The van der Waals surface area contributed by atoms with Gasteiger partial charge in [-0.2, -0.15) is 0 Å². The molecule has 0 fully saturated rings. The molecule has 0 heterocycles. The van der Waals surface area contributed by atoms with Crippen LogP contribution in [0, 0.1) is 0 Å². The van der Waals surface area contributed by atoms with Crippen molar-refractivity contribution in [1.29, 1.82) is 0 Å². The van der Waals surface area contributed by atoms with Gasteiger partial charge in [0.25, 0.3) is 0 Å². The molecular weight excluding hydrogens is 160 g/mol. The van der Waals surface area contributed by atoms with E-state index in [1.807, 2.05) is 18.2 Å². The minimum absolute atomic E-state index is 0.484. The lowest BCUT2D eigenvalue weighted by atomic mass is 9.94. The maximum absolute atomic E-state index is 3.80. The van der Waals surface area contributed by atoms with Crippen LogP contribution in [0.1, 0.15) is 25.7 Å². The average molecular weight is 180 g/mol. The Kier molecular flexibility index (Phi) is 5.73. The fourth-order valence-corrected chi connectivity index (χ4v) is 2.30. The van der Waals surface area contributed by atoms with E-state index in [2.05, 4.69) is 19.7 Å². The lowest BCUT2D eigenvalue weighted by Crippen LogP contribution is -2.10. The fraction of sp³-hybridized carbons (Fsp3) is 0.455. The SMILES string of the molecule is C=CCCC([SiH3])(CC=C)CC=C. The van der Waals surface area contributed by atoms with Crippen LogP contribution in [0.4, 0.5) is 0 Å². The molecule has 0 spiro atoms. The van der Waals surface area contributed by atoms with Gasteiger partial charge in [-0.15, -0.1) is 19.7 Å². The summed E-state index contributed by atoms with van der Waals surface area (Å²) >= 11 is 0. The molecule has 0 N–H and O–H groups in total. The zero-order valence-corrected chi connectivity index (χ0v) is 10.2. The molecule has 0 aliphatic heterocycles. The molecule has 0 aromatic heterocycles. The molecule has 0 nitrogen and oxygen atoms in total. The Morgan fingerprint density at radius 2 is 1.50 bits per heavy atom. The van der Waals surface area contributed by atoms with Crippen LogP contribution in [0.15, 0.2) is 38.0 Å². The molecule has 0 aliphatic rings. The minimum atomic E-state index is 0.484. The Balaban J connectivity index is 4.04. The molecule has 0 unspecified atom stereocenters. The number of hydrogen-bond acceptors (Lipinski definition) is 0. The van der Waals surface area contributed by atoms with Gasteiger partial charge in [0.1, 0.15) is 0 Å². The highest BCUT2D eigenvalue weighted by Gasteiger charge is 2.19. The van der Waals surface area contributed by atoms with E-state index in [4.69, 9.17) is 0 Å². The molecule has 0 radical (unpaired) electrons. The Morgan fingerprint density at radius 1 is 1.00 bits per heavy atom. The normalized spacial score (nSPS) is 11.0. The van der Waals surface area contributed by atoms with Crippen LogP contribution in [0.3, 0.4) is 0 Å². The van der Waals surface area contributed by atoms with E-state index in [1.54, 1.807) is 0 Å². The van der Waals surface area contributed by atoms with Crippen molar-refractivity contribution in [2.24, 2.45) is 0 Å². The second-order valence-electron chi connectivity index (χ2n) is 3.62. The van der Waals surface area contributed by atoms with Crippen LogP contribution >= 0.6 is 0 Å². The maximum atomic E-state index is 3.80. The molecular formula is C11H20Si. The predicted octanol–water partition coefficient (Wildman–Crippen LogP) is 2.63. The first-order valence-corrected chi connectivity index (χ1v) is 5.51. The molecule has 0 amide bonds. The first-order chi connectivity index (χ1) is 5.68. The lowest BCUT2D eigenvalue weighted by Gasteiger charge is -2.26. The number of rotatable bonds is 7. The molecule has 0 saturated heterocycles. The van der Waals surface area contributed by atoms with Gasteiger partial charge >= 0.3 is 0 Å². The smallest absolute Gasteiger partial charge is 0.0114 e. The standard InChI is InChI=1S/C11H20Si/c1-4-7-10-11(12,8-5-2)9-6-3/h4-6H,1-3,7-10H2,12H3. The van der Waals surface area contributed by atoms with Gasteiger partial charge in [-0.25, -0.2) is 0 Å². The quantitative estimate of drug-likeness (QED) is 0.417. The predicted molar refractivity (Wildman–Crippen MR) is 61.7 cm³/mol. The van der Waals surface area contributed by atoms with Crippen molar-refractivity contribution in [3.8, 4) is 0 Å². The summed E-state index contributed by atoms with van der Waals surface area (Å²) in [5.74, 6) is 0. The van der Waals surface area contributed by atoms with Gasteiger partial charge in [0, 0.05) is 10.2 Å². The van der Waals surface area contributed by atoms with Gasteiger partial charge < -0.3 is 0 Å².